The first-order valence-corrected chi connectivity index (χ1v) is 13.8. The molecular formula is C32H26N12. The van der Waals surface area contributed by atoms with Gasteiger partial charge in [-0.05, 0) is 88.0 Å². The zero-order chi connectivity index (χ0) is 29.9. The Morgan fingerprint density at radius 3 is 1.39 bits per heavy atom. The van der Waals surface area contributed by atoms with Crippen molar-refractivity contribution in [3.05, 3.63) is 97.2 Å². The summed E-state index contributed by atoms with van der Waals surface area (Å²) in [5.41, 5.74) is 8.23. The summed E-state index contributed by atoms with van der Waals surface area (Å²) >= 11 is 0. The van der Waals surface area contributed by atoms with Crippen molar-refractivity contribution in [3.63, 3.8) is 0 Å². The van der Waals surface area contributed by atoms with Crippen molar-refractivity contribution in [3.8, 4) is 44.9 Å². The highest BCUT2D eigenvalue weighted by Crippen LogP contribution is 2.34. The van der Waals surface area contributed by atoms with Crippen LogP contribution in [-0.2, 0) is 0 Å². The standard InChI is InChI=1S/C32H26N12/c1-43-19-34-17-41-31(43)28-13-22(4-7-37-28)25-9-24(21-3-6-36-27(12-21)30-39-15-33-16-40-30)10-26(11-25)23-5-8-38-29(14-23)32-42-18-35-20-44(32)2/h3-18H,19-20H2,1-2H3. The molecule has 0 radical (unpaired) electrons. The zero-order valence-electron chi connectivity index (χ0n) is 24.0. The maximum atomic E-state index is 4.62. The van der Waals surface area contributed by atoms with Gasteiger partial charge in [0.15, 0.2) is 17.5 Å². The SMILES string of the molecule is CN1CN=CN=C1c1cc(-c2cc(-c3ccnc(C4=NC=NCN4C)c3)cc(-c3ccnc(-c4ncncn4)c3)c2)ccn1. The summed E-state index contributed by atoms with van der Waals surface area (Å²) in [6.45, 7) is 1.07. The van der Waals surface area contributed by atoms with Crippen molar-refractivity contribution in [1.82, 2.24) is 39.7 Å². The highest BCUT2D eigenvalue weighted by atomic mass is 15.3. The first kappa shape index (κ1) is 26.8. The normalized spacial score (nSPS) is 14.4. The topological polar surface area (TPSA) is 133 Å². The van der Waals surface area contributed by atoms with Gasteiger partial charge in [-0.15, -0.1) is 0 Å². The van der Waals surface area contributed by atoms with E-state index < -0.39 is 0 Å². The van der Waals surface area contributed by atoms with Crippen LogP contribution in [0.15, 0.2) is 106 Å². The van der Waals surface area contributed by atoms with E-state index in [2.05, 4.69) is 80.2 Å². The number of nitrogens with zero attached hydrogens (tertiary/aromatic N) is 12. The number of benzene rings is 1. The Balaban J connectivity index is 1.37. The van der Waals surface area contributed by atoms with Crippen LogP contribution in [0.3, 0.4) is 0 Å². The van der Waals surface area contributed by atoms with Crippen LogP contribution in [0.25, 0.3) is 44.9 Å². The summed E-state index contributed by atoms with van der Waals surface area (Å²) in [5, 5.41) is 0. The van der Waals surface area contributed by atoms with E-state index in [4.69, 9.17) is 0 Å². The Morgan fingerprint density at radius 2 is 0.932 bits per heavy atom. The van der Waals surface area contributed by atoms with Crippen LogP contribution >= 0.6 is 0 Å². The molecule has 44 heavy (non-hydrogen) atoms. The van der Waals surface area contributed by atoms with Gasteiger partial charge in [0.05, 0.1) is 0 Å². The molecule has 0 N–H and O–H groups in total. The van der Waals surface area contributed by atoms with E-state index in [1.54, 1.807) is 18.9 Å². The Hall–Kier alpha value is -6.04. The predicted molar refractivity (Wildman–Crippen MR) is 170 cm³/mol. The molecular weight excluding hydrogens is 552 g/mol. The van der Waals surface area contributed by atoms with Gasteiger partial charge in [-0.25, -0.2) is 24.9 Å². The highest BCUT2D eigenvalue weighted by molar-refractivity contribution is 6.03. The second kappa shape index (κ2) is 11.7. The molecule has 12 heteroatoms. The molecule has 0 spiro atoms. The number of rotatable bonds is 6. The van der Waals surface area contributed by atoms with Gasteiger partial charge in [0.2, 0.25) is 0 Å². The van der Waals surface area contributed by atoms with Gasteiger partial charge in [0.1, 0.15) is 55.8 Å². The maximum absolute atomic E-state index is 4.62. The van der Waals surface area contributed by atoms with Crippen molar-refractivity contribution >= 4 is 24.3 Å². The van der Waals surface area contributed by atoms with E-state index in [9.17, 15) is 0 Å². The van der Waals surface area contributed by atoms with Crippen molar-refractivity contribution in [2.24, 2.45) is 20.0 Å². The van der Waals surface area contributed by atoms with Crippen LogP contribution in [0.4, 0.5) is 0 Å². The average molecular weight is 579 g/mol. The third kappa shape index (κ3) is 5.43. The fourth-order valence-corrected chi connectivity index (χ4v) is 5.06. The van der Waals surface area contributed by atoms with Crippen molar-refractivity contribution in [2.75, 3.05) is 27.4 Å². The van der Waals surface area contributed by atoms with Crippen LogP contribution in [-0.4, -0.2) is 91.5 Å². The van der Waals surface area contributed by atoms with Gasteiger partial charge in [-0.1, -0.05) is 0 Å². The minimum atomic E-state index is 0.512. The van der Waals surface area contributed by atoms with Gasteiger partial charge in [-0.3, -0.25) is 24.9 Å². The van der Waals surface area contributed by atoms with Crippen LogP contribution < -0.4 is 0 Å². The molecule has 5 aromatic rings. The number of pyridine rings is 3. The van der Waals surface area contributed by atoms with E-state index in [0.29, 0.717) is 24.9 Å². The minimum Gasteiger partial charge on any atom is -0.338 e. The lowest BCUT2D eigenvalue weighted by molar-refractivity contribution is 0.517. The summed E-state index contributed by atoms with van der Waals surface area (Å²) in [4.78, 5) is 47.6. The molecule has 6 heterocycles. The number of hydrogen-bond donors (Lipinski definition) is 0. The lowest BCUT2D eigenvalue weighted by Gasteiger charge is -2.21. The van der Waals surface area contributed by atoms with Crippen molar-refractivity contribution in [1.29, 1.82) is 0 Å². The minimum absolute atomic E-state index is 0.512. The predicted octanol–water partition coefficient (Wildman–Crippen LogP) is 4.08. The fraction of sp³-hybridized carbons (Fsp3) is 0.125. The molecule has 2 aliphatic heterocycles. The summed E-state index contributed by atoms with van der Waals surface area (Å²) in [5.74, 6) is 2.06. The first-order valence-electron chi connectivity index (χ1n) is 13.8. The van der Waals surface area contributed by atoms with E-state index >= 15 is 0 Å². The maximum Gasteiger partial charge on any atom is 0.181 e. The lowest BCUT2D eigenvalue weighted by atomic mass is 9.93. The molecule has 0 bridgehead atoms. The Kier molecular flexibility index (Phi) is 7.12. The largest absolute Gasteiger partial charge is 0.338 e. The quantitative estimate of drug-likeness (QED) is 0.294. The molecule has 0 unspecified atom stereocenters. The lowest BCUT2D eigenvalue weighted by Crippen LogP contribution is -2.31. The smallest absolute Gasteiger partial charge is 0.181 e. The molecule has 7 rings (SSSR count). The summed E-state index contributed by atoms with van der Waals surface area (Å²) in [7, 11) is 3.91. The first-order chi connectivity index (χ1) is 21.6. The molecule has 0 amide bonds. The van der Waals surface area contributed by atoms with Gasteiger partial charge >= 0.3 is 0 Å². The van der Waals surface area contributed by atoms with E-state index in [0.717, 1.165) is 56.4 Å². The average Bonchev–Trinajstić information content (AvgIpc) is 3.09. The fourth-order valence-electron chi connectivity index (χ4n) is 5.06. The van der Waals surface area contributed by atoms with Gasteiger partial charge in [-0.2, -0.15) is 0 Å². The molecule has 12 nitrogen and oxygen atoms in total. The van der Waals surface area contributed by atoms with E-state index in [-0.39, 0.29) is 0 Å². The Bertz CT molecular complexity index is 1870. The molecule has 0 saturated carbocycles. The summed E-state index contributed by atoms with van der Waals surface area (Å²) < 4.78 is 0. The molecule has 0 atom stereocenters. The van der Waals surface area contributed by atoms with Crippen molar-refractivity contribution in [2.45, 2.75) is 0 Å². The highest BCUT2D eigenvalue weighted by Gasteiger charge is 2.17. The molecule has 214 valence electrons. The molecule has 4 aromatic heterocycles. The monoisotopic (exact) mass is 578 g/mol. The third-order valence-corrected chi connectivity index (χ3v) is 7.23. The summed E-state index contributed by atoms with van der Waals surface area (Å²) in [6, 6.07) is 18.6. The number of aromatic nitrogens is 6. The van der Waals surface area contributed by atoms with E-state index in [1.165, 1.54) is 12.7 Å². The van der Waals surface area contributed by atoms with Crippen LogP contribution in [0.5, 0.6) is 0 Å². The number of aliphatic imine (C=N–C) groups is 4. The zero-order valence-corrected chi connectivity index (χ0v) is 24.0. The molecule has 0 fully saturated rings. The van der Waals surface area contributed by atoms with Crippen LogP contribution in [0.2, 0.25) is 0 Å². The molecule has 0 aliphatic carbocycles. The number of amidine groups is 2. The van der Waals surface area contributed by atoms with E-state index in [1.807, 2.05) is 60.6 Å². The van der Waals surface area contributed by atoms with Crippen molar-refractivity contribution < 1.29 is 0 Å². The van der Waals surface area contributed by atoms with Gasteiger partial charge in [0, 0.05) is 32.7 Å². The Morgan fingerprint density at radius 1 is 0.500 bits per heavy atom. The van der Waals surface area contributed by atoms with Gasteiger partial charge in [0.25, 0.3) is 0 Å². The second-order valence-corrected chi connectivity index (χ2v) is 10.2. The molecule has 1 aromatic carbocycles. The Labute approximate surface area is 253 Å². The second-order valence-electron chi connectivity index (χ2n) is 10.2. The van der Waals surface area contributed by atoms with Crippen LogP contribution in [0.1, 0.15) is 11.4 Å². The molecule has 0 saturated heterocycles. The molecule has 2 aliphatic rings. The summed E-state index contributed by atoms with van der Waals surface area (Å²) in [6.07, 6.45) is 11.5. The number of hydrogen-bond acceptors (Lipinski definition) is 12. The van der Waals surface area contributed by atoms with Crippen LogP contribution in [0, 0.1) is 0 Å². The third-order valence-electron chi connectivity index (χ3n) is 7.23. The van der Waals surface area contributed by atoms with Gasteiger partial charge < -0.3 is 9.80 Å².